The van der Waals surface area contributed by atoms with E-state index in [2.05, 4.69) is 6.92 Å². The molecule has 0 fully saturated rings. The predicted octanol–water partition coefficient (Wildman–Crippen LogP) is 1.70. The van der Waals surface area contributed by atoms with Crippen molar-refractivity contribution >= 4 is 0 Å². The molecule has 0 radical (unpaired) electrons. The van der Waals surface area contributed by atoms with E-state index in [1.165, 1.54) is 32.1 Å². The second kappa shape index (κ2) is 12.3. The fourth-order valence-electron chi connectivity index (χ4n) is 1.73. The number of aliphatic hydroxyl groups is 1. The summed E-state index contributed by atoms with van der Waals surface area (Å²) in [6.07, 6.45) is 7.10. The van der Waals surface area contributed by atoms with Gasteiger partial charge in [0.1, 0.15) is 0 Å². The van der Waals surface area contributed by atoms with Crippen LogP contribution in [0, 0.1) is 0 Å². The van der Waals surface area contributed by atoms with Gasteiger partial charge in [-0.05, 0) is 6.42 Å². The molecule has 0 spiro atoms. The molecule has 0 aliphatic carbocycles. The Hall–Kier alpha value is -0.160. The van der Waals surface area contributed by atoms with E-state index in [1.807, 2.05) is 0 Å². The minimum atomic E-state index is -0.300. The Balaban J connectivity index is 3.43. The number of rotatable bonds is 12. The molecule has 2 unspecified atom stereocenters. The first-order valence-corrected chi connectivity index (χ1v) is 6.73. The molecule has 0 saturated heterocycles. The molecule has 0 bridgehead atoms. The third kappa shape index (κ3) is 9.53. The van der Waals surface area contributed by atoms with Crippen LogP contribution in [0.1, 0.15) is 45.4 Å². The SMILES string of the molecule is CCCCCCCCOC(CO)C(N)COC. The molecule has 0 aromatic heterocycles. The van der Waals surface area contributed by atoms with Gasteiger partial charge in [-0.15, -0.1) is 0 Å². The van der Waals surface area contributed by atoms with Crippen LogP contribution >= 0.6 is 0 Å². The van der Waals surface area contributed by atoms with Crippen LogP contribution in [0.2, 0.25) is 0 Å². The third-order valence-electron chi connectivity index (χ3n) is 2.85. The summed E-state index contributed by atoms with van der Waals surface area (Å²) in [6.45, 7) is 3.27. The van der Waals surface area contributed by atoms with E-state index in [9.17, 15) is 0 Å². The van der Waals surface area contributed by atoms with Crippen molar-refractivity contribution < 1.29 is 14.6 Å². The summed E-state index contributed by atoms with van der Waals surface area (Å²) in [6, 6.07) is -0.245. The van der Waals surface area contributed by atoms with Gasteiger partial charge in [-0.1, -0.05) is 39.0 Å². The van der Waals surface area contributed by atoms with Crippen LogP contribution in [0.25, 0.3) is 0 Å². The van der Waals surface area contributed by atoms with Crippen molar-refractivity contribution in [1.82, 2.24) is 0 Å². The second-order valence-electron chi connectivity index (χ2n) is 4.48. The zero-order valence-electron chi connectivity index (χ0n) is 11.4. The number of unbranched alkanes of at least 4 members (excludes halogenated alkanes) is 5. The second-order valence-corrected chi connectivity index (χ2v) is 4.48. The molecule has 0 aliphatic heterocycles. The molecule has 4 heteroatoms. The monoisotopic (exact) mass is 247 g/mol. The highest BCUT2D eigenvalue weighted by molar-refractivity contribution is 4.72. The average Bonchev–Trinajstić information content (AvgIpc) is 2.33. The lowest BCUT2D eigenvalue weighted by Crippen LogP contribution is -2.42. The number of methoxy groups -OCH3 is 1. The Morgan fingerprint density at radius 3 is 2.35 bits per heavy atom. The van der Waals surface area contributed by atoms with Gasteiger partial charge in [-0.3, -0.25) is 0 Å². The minimum absolute atomic E-state index is 0.0413. The summed E-state index contributed by atoms with van der Waals surface area (Å²) in [5, 5.41) is 9.14. The van der Waals surface area contributed by atoms with Crippen LogP contribution in [-0.4, -0.2) is 44.2 Å². The van der Waals surface area contributed by atoms with Crippen molar-refractivity contribution in [2.75, 3.05) is 26.9 Å². The summed E-state index contributed by atoms with van der Waals surface area (Å²) in [7, 11) is 1.60. The number of ether oxygens (including phenoxy) is 2. The maximum absolute atomic E-state index is 9.14. The Labute approximate surface area is 105 Å². The molecule has 17 heavy (non-hydrogen) atoms. The average molecular weight is 247 g/mol. The van der Waals surface area contributed by atoms with Crippen LogP contribution in [0.4, 0.5) is 0 Å². The first kappa shape index (κ1) is 16.8. The first-order valence-electron chi connectivity index (χ1n) is 6.73. The molecule has 0 amide bonds. The molecule has 0 aliphatic rings. The summed E-state index contributed by atoms with van der Waals surface area (Å²) in [5.41, 5.74) is 5.81. The third-order valence-corrected chi connectivity index (χ3v) is 2.85. The molecule has 0 aromatic rings. The van der Waals surface area contributed by atoms with Crippen molar-refractivity contribution in [3.63, 3.8) is 0 Å². The van der Waals surface area contributed by atoms with Crippen LogP contribution in [0.3, 0.4) is 0 Å². The highest BCUT2D eigenvalue weighted by Crippen LogP contribution is 2.06. The number of hydrogen-bond acceptors (Lipinski definition) is 4. The number of nitrogens with two attached hydrogens (primary N) is 1. The smallest absolute Gasteiger partial charge is 0.0978 e. The molecule has 2 atom stereocenters. The van der Waals surface area contributed by atoms with Crippen LogP contribution < -0.4 is 5.73 Å². The Bertz CT molecular complexity index is 156. The van der Waals surface area contributed by atoms with Crippen LogP contribution in [-0.2, 0) is 9.47 Å². The van der Waals surface area contributed by atoms with Crippen molar-refractivity contribution in [2.24, 2.45) is 5.73 Å². The van der Waals surface area contributed by atoms with Crippen LogP contribution in [0.5, 0.6) is 0 Å². The minimum Gasteiger partial charge on any atom is -0.394 e. The lowest BCUT2D eigenvalue weighted by atomic mass is 10.1. The first-order chi connectivity index (χ1) is 8.26. The Morgan fingerprint density at radius 1 is 1.12 bits per heavy atom. The maximum atomic E-state index is 9.14. The zero-order valence-corrected chi connectivity index (χ0v) is 11.4. The van der Waals surface area contributed by atoms with Gasteiger partial charge in [0.25, 0.3) is 0 Å². The van der Waals surface area contributed by atoms with Gasteiger partial charge in [0, 0.05) is 13.7 Å². The van der Waals surface area contributed by atoms with E-state index in [-0.39, 0.29) is 18.8 Å². The topological polar surface area (TPSA) is 64.7 Å². The van der Waals surface area contributed by atoms with Gasteiger partial charge < -0.3 is 20.3 Å². The normalized spacial score (nSPS) is 14.8. The number of aliphatic hydroxyl groups excluding tert-OH is 1. The fraction of sp³-hybridized carbons (Fsp3) is 1.00. The fourth-order valence-corrected chi connectivity index (χ4v) is 1.73. The van der Waals surface area contributed by atoms with Crippen LogP contribution in [0.15, 0.2) is 0 Å². The molecule has 4 nitrogen and oxygen atoms in total. The molecule has 0 rings (SSSR count). The Kier molecular flexibility index (Phi) is 12.2. The van der Waals surface area contributed by atoms with E-state index in [0.717, 1.165) is 6.42 Å². The lowest BCUT2D eigenvalue weighted by Gasteiger charge is -2.21. The number of hydrogen-bond donors (Lipinski definition) is 2. The van der Waals surface area contributed by atoms with Gasteiger partial charge in [-0.2, -0.15) is 0 Å². The molecule has 0 aromatic carbocycles. The van der Waals surface area contributed by atoms with Gasteiger partial charge in [0.2, 0.25) is 0 Å². The summed E-state index contributed by atoms with van der Waals surface area (Å²) in [5.74, 6) is 0. The highest BCUT2D eigenvalue weighted by Gasteiger charge is 2.16. The lowest BCUT2D eigenvalue weighted by molar-refractivity contribution is -0.0190. The Morgan fingerprint density at radius 2 is 1.76 bits per heavy atom. The summed E-state index contributed by atoms with van der Waals surface area (Å²) in [4.78, 5) is 0. The highest BCUT2D eigenvalue weighted by atomic mass is 16.5. The largest absolute Gasteiger partial charge is 0.394 e. The predicted molar refractivity (Wildman–Crippen MR) is 70.1 cm³/mol. The molecule has 0 saturated carbocycles. The zero-order chi connectivity index (χ0) is 12.9. The van der Waals surface area contributed by atoms with E-state index in [4.69, 9.17) is 20.3 Å². The molecular weight excluding hydrogens is 218 g/mol. The summed E-state index contributed by atoms with van der Waals surface area (Å²) >= 11 is 0. The van der Waals surface area contributed by atoms with E-state index < -0.39 is 0 Å². The van der Waals surface area contributed by atoms with E-state index >= 15 is 0 Å². The van der Waals surface area contributed by atoms with Gasteiger partial charge >= 0.3 is 0 Å². The van der Waals surface area contributed by atoms with Crippen molar-refractivity contribution in [3.8, 4) is 0 Å². The standard InChI is InChI=1S/C13H29NO3/c1-3-4-5-6-7-8-9-17-13(10-15)12(14)11-16-2/h12-13,15H,3-11,14H2,1-2H3. The molecule has 3 N–H and O–H groups in total. The van der Waals surface area contributed by atoms with Crippen molar-refractivity contribution in [1.29, 1.82) is 0 Å². The molecule has 0 heterocycles. The molecule has 104 valence electrons. The van der Waals surface area contributed by atoms with Gasteiger partial charge in [-0.25, -0.2) is 0 Å². The van der Waals surface area contributed by atoms with Gasteiger partial charge in [0.15, 0.2) is 0 Å². The van der Waals surface area contributed by atoms with E-state index in [0.29, 0.717) is 13.2 Å². The van der Waals surface area contributed by atoms with Crippen molar-refractivity contribution in [2.45, 2.75) is 57.6 Å². The maximum Gasteiger partial charge on any atom is 0.0978 e. The van der Waals surface area contributed by atoms with Gasteiger partial charge in [0.05, 0.1) is 25.4 Å². The van der Waals surface area contributed by atoms with Crippen molar-refractivity contribution in [3.05, 3.63) is 0 Å². The summed E-state index contributed by atoms with van der Waals surface area (Å²) < 4.78 is 10.5. The molecular formula is C13H29NO3. The quantitative estimate of drug-likeness (QED) is 0.515. The van der Waals surface area contributed by atoms with E-state index in [1.54, 1.807) is 7.11 Å².